The monoisotopic (exact) mass is 418 g/mol. The lowest BCUT2D eigenvalue weighted by Crippen LogP contribution is -2.21. The standard InChI is InChI=1S/C26H30N2O3/c1-19(2)22-9-11-23(12-10-22)28-26(29)16-27-24-6-4-5-21(15-24)18-31-17-20-7-13-25(30-3)14-8-20/h4-15,19,27H,16-18H2,1-3H3,(H,28,29). The Hall–Kier alpha value is -3.31. The molecule has 0 saturated heterocycles. The summed E-state index contributed by atoms with van der Waals surface area (Å²) >= 11 is 0. The summed E-state index contributed by atoms with van der Waals surface area (Å²) in [5.74, 6) is 1.22. The number of carbonyl (C=O) groups is 1. The zero-order valence-electron chi connectivity index (χ0n) is 18.4. The van der Waals surface area contributed by atoms with Crippen LogP contribution in [0.25, 0.3) is 0 Å². The zero-order chi connectivity index (χ0) is 22.1. The second kappa shape index (κ2) is 11.2. The smallest absolute Gasteiger partial charge is 0.243 e. The van der Waals surface area contributed by atoms with Crippen LogP contribution in [0.1, 0.15) is 36.5 Å². The van der Waals surface area contributed by atoms with Crippen LogP contribution in [0.3, 0.4) is 0 Å². The number of amides is 1. The van der Waals surface area contributed by atoms with Gasteiger partial charge >= 0.3 is 0 Å². The second-order valence-electron chi connectivity index (χ2n) is 7.72. The van der Waals surface area contributed by atoms with Gasteiger partial charge in [0, 0.05) is 11.4 Å². The summed E-state index contributed by atoms with van der Waals surface area (Å²) in [4.78, 5) is 12.3. The molecular formula is C26H30N2O3. The van der Waals surface area contributed by atoms with Crippen molar-refractivity contribution in [2.24, 2.45) is 0 Å². The van der Waals surface area contributed by atoms with Crippen molar-refractivity contribution in [1.82, 2.24) is 0 Å². The van der Waals surface area contributed by atoms with Crippen molar-refractivity contribution >= 4 is 17.3 Å². The Morgan fingerprint density at radius 2 is 1.58 bits per heavy atom. The molecule has 0 aliphatic heterocycles. The molecule has 3 rings (SSSR count). The fraction of sp³-hybridized carbons (Fsp3) is 0.269. The predicted molar refractivity (Wildman–Crippen MR) is 126 cm³/mol. The second-order valence-corrected chi connectivity index (χ2v) is 7.72. The minimum atomic E-state index is -0.0848. The number of hydrogen-bond donors (Lipinski definition) is 2. The lowest BCUT2D eigenvalue weighted by atomic mass is 10.0. The van der Waals surface area contributed by atoms with Gasteiger partial charge in [0.2, 0.25) is 5.91 Å². The van der Waals surface area contributed by atoms with E-state index in [1.807, 2.05) is 72.8 Å². The van der Waals surface area contributed by atoms with E-state index in [-0.39, 0.29) is 12.5 Å². The van der Waals surface area contributed by atoms with E-state index in [1.165, 1.54) is 5.56 Å². The molecule has 2 N–H and O–H groups in total. The Balaban J connectivity index is 1.44. The molecule has 0 aliphatic carbocycles. The van der Waals surface area contributed by atoms with Crippen molar-refractivity contribution < 1.29 is 14.3 Å². The molecule has 5 nitrogen and oxygen atoms in total. The highest BCUT2D eigenvalue weighted by Gasteiger charge is 2.05. The summed E-state index contributed by atoms with van der Waals surface area (Å²) in [5.41, 5.74) is 5.08. The fourth-order valence-electron chi connectivity index (χ4n) is 3.12. The molecule has 162 valence electrons. The minimum Gasteiger partial charge on any atom is -0.497 e. The van der Waals surface area contributed by atoms with Crippen LogP contribution >= 0.6 is 0 Å². The van der Waals surface area contributed by atoms with Crippen LogP contribution in [0.15, 0.2) is 72.8 Å². The average molecular weight is 419 g/mol. The quantitative estimate of drug-likeness (QED) is 0.451. The minimum absolute atomic E-state index is 0.0848. The van der Waals surface area contributed by atoms with Gasteiger partial charge in [-0.1, -0.05) is 50.2 Å². The van der Waals surface area contributed by atoms with Gasteiger partial charge in [-0.3, -0.25) is 4.79 Å². The van der Waals surface area contributed by atoms with Crippen molar-refractivity contribution in [3.05, 3.63) is 89.5 Å². The molecule has 0 heterocycles. The Morgan fingerprint density at radius 1 is 0.871 bits per heavy atom. The number of anilines is 2. The van der Waals surface area contributed by atoms with Gasteiger partial charge in [0.05, 0.1) is 26.9 Å². The van der Waals surface area contributed by atoms with E-state index in [0.717, 1.165) is 28.3 Å². The maximum atomic E-state index is 12.3. The Morgan fingerprint density at radius 3 is 2.26 bits per heavy atom. The summed E-state index contributed by atoms with van der Waals surface area (Å²) in [7, 11) is 1.65. The van der Waals surface area contributed by atoms with Crippen LogP contribution in [0.5, 0.6) is 5.75 Å². The number of nitrogens with one attached hydrogen (secondary N) is 2. The highest BCUT2D eigenvalue weighted by atomic mass is 16.5. The normalized spacial score (nSPS) is 10.7. The number of benzene rings is 3. The van der Waals surface area contributed by atoms with Crippen LogP contribution in [0.2, 0.25) is 0 Å². The first kappa shape index (κ1) is 22.4. The topological polar surface area (TPSA) is 59.6 Å². The molecule has 0 fully saturated rings. The third-order valence-electron chi connectivity index (χ3n) is 4.94. The van der Waals surface area contributed by atoms with Crippen LogP contribution in [0.4, 0.5) is 11.4 Å². The van der Waals surface area contributed by atoms with E-state index >= 15 is 0 Å². The first-order valence-electron chi connectivity index (χ1n) is 10.5. The number of rotatable bonds is 10. The zero-order valence-corrected chi connectivity index (χ0v) is 18.4. The maximum absolute atomic E-state index is 12.3. The van der Waals surface area contributed by atoms with Crippen molar-refractivity contribution in [3.8, 4) is 5.75 Å². The van der Waals surface area contributed by atoms with Crippen LogP contribution in [0, 0.1) is 0 Å². The lowest BCUT2D eigenvalue weighted by molar-refractivity contribution is -0.114. The molecule has 0 bridgehead atoms. The van der Waals surface area contributed by atoms with Gasteiger partial charge in [-0.15, -0.1) is 0 Å². The molecule has 0 radical (unpaired) electrons. The molecule has 0 aliphatic rings. The molecule has 0 unspecified atom stereocenters. The van der Waals surface area contributed by atoms with Gasteiger partial charge in [0.15, 0.2) is 0 Å². The van der Waals surface area contributed by atoms with E-state index in [9.17, 15) is 4.79 Å². The highest BCUT2D eigenvalue weighted by molar-refractivity contribution is 5.93. The molecule has 0 spiro atoms. The number of methoxy groups -OCH3 is 1. The van der Waals surface area contributed by atoms with Crippen molar-refractivity contribution in [3.63, 3.8) is 0 Å². The third kappa shape index (κ3) is 7.15. The van der Waals surface area contributed by atoms with Crippen molar-refractivity contribution in [1.29, 1.82) is 0 Å². The summed E-state index contributed by atoms with van der Waals surface area (Å²) in [6.45, 7) is 5.52. The van der Waals surface area contributed by atoms with E-state index in [2.05, 4.69) is 24.5 Å². The van der Waals surface area contributed by atoms with Crippen LogP contribution < -0.4 is 15.4 Å². The molecule has 31 heavy (non-hydrogen) atoms. The Bertz CT molecular complexity index is 967. The summed E-state index contributed by atoms with van der Waals surface area (Å²) in [5, 5.41) is 6.09. The first-order valence-corrected chi connectivity index (χ1v) is 10.5. The molecular weight excluding hydrogens is 388 g/mol. The number of carbonyl (C=O) groups excluding carboxylic acids is 1. The van der Waals surface area contributed by atoms with E-state index in [0.29, 0.717) is 19.1 Å². The summed E-state index contributed by atoms with van der Waals surface area (Å²) < 4.78 is 11.0. The predicted octanol–water partition coefficient (Wildman–Crippen LogP) is 5.59. The summed E-state index contributed by atoms with van der Waals surface area (Å²) in [6, 6.07) is 23.7. The average Bonchev–Trinajstić information content (AvgIpc) is 2.79. The highest BCUT2D eigenvalue weighted by Crippen LogP contribution is 2.18. The van der Waals surface area contributed by atoms with Gasteiger partial charge in [-0.05, 0) is 59.0 Å². The largest absolute Gasteiger partial charge is 0.497 e. The molecule has 5 heteroatoms. The Kier molecular flexibility index (Phi) is 8.07. The van der Waals surface area contributed by atoms with Gasteiger partial charge in [-0.2, -0.15) is 0 Å². The van der Waals surface area contributed by atoms with Crippen molar-refractivity contribution in [2.75, 3.05) is 24.3 Å². The summed E-state index contributed by atoms with van der Waals surface area (Å²) in [6.07, 6.45) is 0. The molecule has 3 aromatic carbocycles. The van der Waals surface area contributed by atoms with E-state index in [4.69, 9.17) is 9.47 Å². The number of ether oxygens (including phenoxy) is 2. The molecule has 0 saturated carbocycles. The van der Waals surface area contributed by atoms with E-state index in [1.54, 1.807) is 7.11 Å². The molecule has 0 atom stereocenters. The van der Waals surface area contributed by atoms with E-state index < -0.39 is 0 Å². The first-order chi connectivity index (χ1) is 15.0. The lowest BCUT2D eigenvalue weighted by Gasteiger charge is -2.11. The van der Waals surface area contributed by atoms with Crippen LogP contribution in [-0.2, 0) is 22.7 Å². The van der Waals surface area contributed by atoms with Gasteiger partial charge in [0.1, 0.15) is 5.75 Å². The Labute approximate surface area is 184 Å². The molecule has 0 aromatic heterocycles. The van der Waals surface area contributed by atoms with Gasteiger partial charge in [0.25, 0.3) is 0 Å². The molecule has 1 amide bonds. The molecule has 3 aromatic rings. The van der Waals surface area contributed by atoms with Crippen LogP contribution in [-0.4, -0.2) is 19.6 Å². The maximum Gasteiger partial charge on any atom is 0.243 e. The number of hydrogen-bond acceptors (Lipinski definition) is 4. The fourth-order valence-corrected chi connectivity index (χ4v) is 3.12. The van der Waals surface area contributed by atoms with Gasteiger partial charge < -0.3 is 20.1 Å². The third-order valence-corrected chi connectivity index (χ3v) is 4.94. The van der Waals surface area contributed by atoms with Gasteiger partial charge in [-0.25, -0.2) is 0 Å². The SMILES string of the molecule is COc1ccc(COCc2cccc(NCC(=O)Nc3ccc(C(C)C)cc3)c2)cc1. The van der Waals surface area contributed by atoms with Crippen molar-refractivity contribution in [2.45, 2.75) is 33.0 Å².